The van der Waals surface area contributed by atoms with Crippen molar-refractivity contribution >= 4 is 0 Å². The molecule has 1 N–H and O–H groups in total. The fraction of sp³-hybridized carbons (Fsp3) is 0.214. The van der Waals surface area contributed by atoms with Gasteiger partial charge in [-0.25, -0.2) is 0 Å². The average molecular weight is 249 g/mol. The Morgan fingerprint density at radius 3 is 2.41 bits per heavy atom. The molecule has 0 aliphatic rings. The molecule has 90 valence electrons. The Balaban J connectivity index is 0.00000144. The van der Waals surface area contributed by atoms with Crippen LogP contribution >= 0.6 is 0 Å². The molecular weight excluding hydrogens is 234 g/mol. The number of hydrogen-bond donors (Lipinski definition) is 1. The van der Waals surface area contributed by atoms with E-state index in [1.165, 1.54) is 5.56 Å². The van der Waals surface area contributed by atoms with E-state index in [0.717, 1.165) is 24.2 Å². The molecule has 0 amide bonds. The summed E-state index contributed by atoms with van der Waals surface area (Å²) < 4.78 is 0. The smallest absolute Gasteiger partial charge is 0.137 e. The van der Waals surface area contributed by atoms with Gasteiger partial charge < -0.3 is 17.5 Å². The molecule has 0 bridgehead atoms. The van der Waals surface area contributed by atoms with Gasteiger partial charge in [-0.3, -0.25) is 4.98 Å². The molecule has 0 aliphatic carbocycles. The first-order chi connectivity index (χ1) is 7.75. The third-order valence-corrected chi connectivity index (χ3v) is 2.58. The van der Waals surface area contributed by atoms with Gasteiger partial charge in [0, 0.05) is 5.69 Å². The maximum Gasteiger partial charge on any atom is 0.137 e. The Kier molecular flexibility index (Phi) is 4.98. The number of benzene rings is 1. The highest BCUT2D eigenvalue weighted by atomic mass is 35.5. The Hall–Kier alpha value is -1.54. The highest BCUT2D eigenvalue weighted by Gasteiger charge is 2.03. The number of aromatic nitrogens is 1. The second-order valence-electron chi connectivity index (χ2n) is 3.90. The van der Waals surface area contributed by atoms with Crippen molar-refractivity contribution in [2.75, 3.05) is 0 Å². The monoisotopic (exact) mass is 248 g/mol. The quantitative estimate of drug-likeness (QED) is 0.822. The van der Waals surface area contributed by atoms with Crippen molar-refractivity contribution in [2.24, 2.45) is 0 Å². The van der Waals surface area contributed by atoms with Crippen LogP contribution in [0.1, 0.15) is 17.0 Å². The van der Waals surface area contributed by atoms with Crippen LogP contribution in [0, 0.1) is 6.92 Å². The molecule has 1 aromatic heterocycles. The van der Waals surface area contributed by atoms with E-state index in [9.17, 15) is 5.11 Å². The molecule has 1 aromatic carbocycles. The minimum absolute atomic E-state index is 0. The van der Waals surface area contributed by atoms with E-state index >= 15 is 0 Å². The summed E-state index contributed by atoms with van der Waals surface area (Å²) in [6, 6.07) is 13.8. The molecular formula is C14H15ClNO-. The summed E-state index contributed by atoms with van der Waals surface area (Å²) >= 11 is 0. The van der Waals surface area contributed by atoms with Gasteiger partial charge in [0.2, 0.25) is 0 Å². The van der Waals surface area contributed by atoms with Crippen molar-refractivity contribution < 1.29 is 17.5 Å². The van der Waals surface area contributed by atoms with Gasteiger partial charge in [0.05, 0.1) is 5.69 Å². The molecule has 0 atom stereocenters. The lowest BCUT2D eigenvalue weighted by Gasteiger charge is -2.04. The van der Waals surface area contributed by atoms with Crippen molar-refractivity contribution in [1.29, 1.82) is 0 Å². The summed E-state index contributed by atoms with van der Waals surface area (Å²) in [5, 5.41) is 9.65. The number of rotatable bonds is 3. The Labute approximate surface area is 108 Å². The van der Waals surface area contributed by atoms with Crippen LogP contribution in [0.3, 0.4) is 0 Å². The number of nitrogens with zero attached hydrogens (tertiary/aromatic N) is 1. The van der Waals surface area contributed by atoms with Crippen LogP contribution in [-0.4, -0.2) is 10.1 Å². The summed E-state index contributed by atoms with van der Waals surface area (Å²) in [7, 11) is 0. The lowest BCUT2D eigenvalue weighted by molar-refractivity contribution is -0.00000439. The number of halogens is 1. The maximum absolute atomic E-state index is 9.65. The third-order valence-electron chi connectivity index (χ3n) is 2.58. The normalized spacial score (nSPS) is 9.71. The zero-order chi connectivity index (χ0) is 11.4. The summed E-state index contributed by atoms with van der Waals surface area (Å²) in [6.07, 6.45) is 1.68. The van der Waals surface area contributed by atoms with Gasteiger partial charge in [0.1, 0.15) is 5.75 Å². The van der Waals surface area contributed by atoms with Crippen molar-refractivity contribution in [3.63, 3.8) is 0 Å². The molecule has 2 nitrogen and oxygen atoms in total. The van der Waals surface area contributed by atoms with Crippen LogP contribution in [-0.2, 0) is 12.8 Å². The number of aromatic hydroxyl groups is 1. The zero-order valence-corrected chi connectivity index (χ0v) is 10.5. The molecule has 1 heterocycles. The lowest BCUT2D eigenvalue weighted by atomic mass is 10.1. The lowest BCUT2D eigenvalue weighted by Crippen LogP contribution is -3.00. The second-order valence-corrected chi connectivity index (χ2v) is 3.90. The molecule has 0 radical (unpaired) electrons. The first-order valence-electron chi connectivity index (χ1n) is 5.45. The standard InChI is InChI=1S/C14H15NO.ClH/c1-11-7-10-14(16)13(15-11)9-8-12-5-3-2-4-6-12;/h2-7,10,16H,8-9H2,1H3;1H/p-1. The zero-order valence-electron chi connectivity index (χ0n) is 9.73. The molecule has 0 saturated heterocycles. The first kappa shape index (κ1) is 13.5. The van der Waals surface area contributed by atoms with Crippen molar-refractivity contribution in [3.05, 3.63) is 59.4 Å². The summed E-state index contributed by atoms with van der Waals surface area (Å²) in [4.78, 5) is 4.34. The summed E-state index contributed by atoms with van der Waals surface area (Å²) in [6.45, 7) is 1.94. The van der Waals surface area contributed by atoms with Crippen LogP contribution in [0.15, 0.2) is 42.5 Å². The maximum atomic E-state index is 9.65. The SMILES string of the molecule is Cc1ccc(O)c(CCc2ccccc2)n1.[Cl-]. The predicted octanol–water partition coefficient (Wildman–Crippen LogP) is -0.115. The fourth-order valence-corrected chi connectivity index (χ4v) is 1.69. The largest absolute Gasteiger partial charge is 1.00 e. The third kappa shape index (κ3) is 3.75. The van der Waals surface area contributed by atoms with E-state index in [1.54, 1.807) is 6.07 Å². The molecule has 0 fully saturated rings. The van der Waals surface area contributed by atoms with E-state index in [2.05, 4.69) is 17.1 Å². The van der Waals surface area contributed by atoms with Crippen LogP contribution in [0.25, 0.3) is 0 Å². The van der Waals surface area contributed by atoms with Gasteiger partial charge in [-0.15, -0.1) is 0 Å². The van der Waals surface area contributed by atoms with E-state index in [4.69, 9.17) is 0 Å². The van der Waals surface area contributed by atoms with Gasteiger partial charge in [-0.1, -0.05) is 30.3 Å². The predicted molar refractivity (Wildman–Crippen MR) is 64.5 cm³/mol. The summed E-state index contributed by atoms with van der Waals surface area (Å²) in [5.74, 6) is 0.293. The minimum Gasteiger partial charge on any atom is -1.00 e. The fourth-order valence-electron chi connectivity index (χ4n) is 1.69. The van der Waals surface area contributed by atoms with Gasteiger partial charge in [0.15, 0.2) is 0 Å². The molecule has 2 rings (SSSR count). The van der Waals surface area contributed by atoms with Crippen LogP contribution in [0.2, 0.25) is 0 Å². The number of hydrogen-bond acceptors (Lipinski definition) is 2. The Morgan fingerprint density at radius 2 is 1.71 bits per heavy atom. The number of aryl methyl sites for hydroxylation is 3. The molecule has 0 unspecified atom stereocenters. The van der Waals surface area contributed by atoms with E-state index in [-0.39, 0.29) is 12.4 Å². The average Bonchev–Trinajstić information content (AvgIpc) is 2.32. The molecule has 0 spiro atoms. The molecule has 0 saturated carbocycles. The van der Waals surface area contributed by atoms with Crippen molar-refractivity contribution in [3.8, 4) is 5.75 Å². The van der Waals surface area contributed by atoms with E-state index in [1.807, 2.05) is 31.2 Å². The molecule has 0 aliphatic heterocycles. The molecule has 3 heteroatoms. The van der Waals surface area contributed by atoms with Crippen LogP contribution in [0.5, 0.6) is 5.75 Å². The van der Waals surface area contributed by atoms with Gasteiger partial charge in [-0.2, -0.15) is 0 Å². The van der Waals surface area contributed by atoms with Crippen molar-refractivity contribution in [1.82, 2.24) is 4.98 Å². The highest BCUT2D eigenvalue weighted by molar-refractivity contribution is 5.28. The Bertz CT molecular complexity index is 471. The van der Waals surface area contributed by atoms with Crippen LogP contribution in [0.4, 0.5) is 0 Å². The summed E-state index contributed by atoms with van der Waals surface area (Å²) in [5.41, 5.74) is 3.00. The minimum atomic E-state index is 0. The van der Waals surface area contributed by atoms with Gasteiger partial charge >= 0.3 is 0 Å². The number of pyridine rings is 1. The van der Waals surface area contributed by atoms with Gasteiger partial charge in [-0.05, 0) is 37.5 Å². The van der Waals surface area contributed by atoms with E-state index in [0.29, 0.717) is 5.75 Å². The highest BCUT2D eigenvalue weighted by Crippen LogP contribution is 2.16. The van der Waals surface area contributed by atoms with Crippen LogP contribution < -0.4 is 12.4 Å². The van der Waals surface area contributed by atoms with Gasteiger partial charge in [0.25, 0.3) is 0 Å². The van der Waals surface area contributed by atoms with E-state index < -0.39 is 0 Å². The molecule has 2 aromatic rings. The Morgan fingerprint density at radius 1 is 1.00 bits per heavy atom. The first-order valence-corrected chi connectivity index (χ1v) is 5.45. The molecule has 17 heavy (non-hydrogen) atoms. The van der Waals surface area contributed by atoms with Crippen molar-refractivity contribution in [2.45, 2.75) is 19.8 Å². The topological polar surface area (TPSA) is 33.1 Å². The second kappa shape index (κ2) is 6.26.